The maximum absolute atomic E-state index is 9.25. The van der Waals surface area contributed by atoms with Crippen molar-refractivity contribution in [3.63, 3.8) is 0 Å². The van der Waals surface area contributed by atoms with Crippen LogP contribution in [0.15, 0.2) is 30.5 Å². The Labute approximate surface area is 88.8 Å². The van der Waals surface area contributed by atoms with E-state index in [1.54, 1.807) is 0 Å². The van der Waals surface area contributed by atoms with Gasteiger partial charge in [-0.3, -0.25) is 0 Å². The highest BCUT2D eigenvalue weighted by Gasteiger charge is 2.47. The summed E-state index contributed by atoms with van der Waals surface area (Å²) < 4.78 is 2.16. The Hall–Kier alpha value is -1.75. The minimum absolute atomic E-state index is 0.197. The van der Waals surface area contributed by atoms with Crippen molar-refractivity contribution >= 4 is 5.52 Å². The second-order valence-electron chi connectivity index (χ2n) is 4.37. The summed E-state index contributed by atoms with van der Waals surface area (Å²) >= 11 is 0. The van der Waals surface area contributed by atoms with Gasteiger partial charge >= 0.3 is 0 Å². The number of aromatic nitrogens is 1. The van der Waals surface area contributed by atoms with Crippen molar-refractivity contribution in [1.29, 1.82) is 5.26 Å². The first-order valence-electron chi connectivity index (χ1n) is 5.25. The van der Waals surface area contributed by atoms with Gasteiger partial charge in [0, 0.05) is 17.4 Å². The van der Waals surface area contributed by atoms with Gasteiger partial charge in [-0.1, -0.05) is 6.07 Å². The Balaban J connectivity index is 2.35. The van der Waals surface area contributed by atoms with E-state index in [9.17, 15) is 5.26 Å². The van der Waals surface area contributed by atoms with Gasteiger partial charge in [0.05, 0.1) is 11.5 Å². The van der Waals surface area contributed by atoms with Gasteiger partial charge in [-0.15, -0.1) is 0 Å². The number of nitrogens with zero attached hydrogens (tertiary/aromatic N) is 2. The third-order valence-electron chi connectivity index (χ3n) is 3.29. The molecule has 1 aliphatic carbocycles. The largest absolute Gasteiger partial charge is 0.319 e. The number of hydrogen-bond acceptors (Lipinski definition) is 1. The van der Waals surface area contributed by atoms with Crippen LogP contribution in [0.4, 0.5) is 0 Å². The predicted octanol–water partition coefficient (Wildman–Crippen LogP) is 2.80. The number of rotatable bonds is 1. The Bertz CT molecular complexity index is 568. The Morgan fingerprint density at radius 1 is 1.40 bits per heavy atom. The highest BCUT2D eigenvalue weighted by Crippen LogP contribution is 2.49. The summed E-state index contributed by atoms with van der Waals surface area (Å²) in [6.07, 6.45) is 4.06. The van der Waals surface area contributed by atoms with E-state index in [0.717, 1.165) is 12.8 Å². The molecule has 0 unspecified atom stereocenters. The normalized spacial score (nSPS) is 17.6. The van der Waals surface area contributed by atoms with Crippen molar-refractivity contribution in [2.24, 2.45) is 0 Å². The monoisotopic (exact) mass is 196 g/mol. The fourth-order valence-corrected chi connectivity index (χ4v) is 2.39. The topological polar surface area (TPSA) is 28.2 Å². The summed E-state index contributed by atoms with van der Waals surface area (Å²) in [6, 6.07) is 10.8. The Morgan fingerprint density at radius 3 is 2.87 bits per heavy atom. The number of hydrogen-bond donors (Lipinski definition) is 0. The van der Waals surface area contributed by atoms with E-state index < -0.39 is 0 Å². The summed E-state index contributed by atoms with van der Waals surface area (Å²) in [6.45, 7) is 2.10. The summed E-state index contributed by atoms with van der Waals surface area (Å²) in [4.78, 5) is 0. The van der Waals surface area contributed by atoms with Crippen LogP contribution in [-0.4, -0.2) is 4.40 Å². The Kier molecular flexibility index (Phi) is 1.50. The van der Waals surface area contributed by atoms with Crippen LogP contribution in [0, 0.1) is 18.3 Å². The average Bonchev–Trinajstić information content (AvgIpc) is 2.95. The molecule has 0 radical (unpaired) electrons. The first-order chi connectivity index (χ1) is 7.27. The van der Waals surface area contributed by atoms with E-state index in [-0.39, 0.29) is 5.41 Å². The lowest BCUT2D eigenvalue weighted by atomic mass is 10.0. The number of nitriles is 1. The lowest BCUT2D eigenvalue weighted by molar-refractivity contribution is 0.827. The van der Waals surface area contributed by atoms with Crippen molar-refractivity contribution in [3.05, 3.63) is 41.7 Å². The standard InChI is InChI=1S/C13H12N2/c1-10-8-11-4-2-3-7-15(11)12(10)13(9-14)5-6-13/h2-4,7-8H,5-6H2,1H3. The molecule has 15 heavy (non-hydrogen) atoms. The fraction of sp³-hybridized carbons (Fsp3) is 0.308. The van der Waals surface area contributed by atoms with Gasteiger partial charge in [-0.05, 0) is 43.5 Å². The molecule has 0 N–H and O–H groups in total. The molecule has 0 amide bonds. The molecule has 2 aromatic rings. The van der Waals surface area contributed by atoms with Gasteiger partial charge in [0.25, 0.3) is 0 Å². The number of pyridine rings is 1. The van der Waals surface area contributed by atoms with Gasteiger partial charge < -0.3 is 4.40 Å². The van der Waals surface area contributed by atoms with E-state index in [1.807, 2.05) is 12.1 Å². The molecule has 2 aromatic heterocycles. The van der Waals surface area contributed by atoms with Gasteiger partial charge in [-0.2, -0.15) is 5.26 Å². The van der Waals surface area contributed by atoms with Gasteiger partial charge in [0.2, 0.25) is 0 Å². The molecule has 2 nitrogen and oxygen atoms in total. The smallest absolute Gasteiger partial charge is 0.0980 e. The lowest BCUT2D eigenvalue weighted by Crippen LogP contribution is -2.08. The van der Waals surface area contributed by atoms with Gasteiger partial charge in [0.1, 0.15) is 0 Å². The summed E-state index contributed by atoms with van der Waals surface area (Å²) in [5.41, 5.74) is 3.42. The molecule has 0 saturated heterocycles. The lowest BCUT2D eigenvalue weighted by Gasteiger charge is -2.08. The quantitative estimate of drug-likeness (QED) is 0.689. The second kappa shape index (κ2) is 2.64. The van der Waals surface area contributed by atoms with E-state index >= 15 is 0 Å². The molecule has 0 aromatic carbocycles. The summed E-state index contributed by atoms with van der Waals surface area (Å²) in [5, 5.41) is 9.25. The SMILES string of the molecule is Cc1cc2ccccn2c1C1(C#N)CC1. The molecule has 0 spiro atoms. The highest BCUT2D eigenvalue weighted by molar-refractivity contribution is 5.57. The van der Waals surface area contributed by atoms with Crippen LogP contribution in [0.1, 0.15) is 24.1 Å². The fourth-order valence-electron chi connectivity index (χ4n) is 2.39. The molecule has 0 atom stereocenters. The van der Waals surface area contributed by atoms with Crippen LogP contribution in [0.2, 0.25) is 0 Å². The van der Waals surface area contributed by atoms with Crippen LogP contribution in [0.5, 0.6) is 0 Å². The van der Waals surface area contributed by atoms with Crippen molar-refractivity contribution in [2.45, 2.75) is 25.2 Å². The highest BCUT2D eigenvalue weighted by atomic mass is 14.9. The molecule has 0 bridgehead atoms. The maximum Gasteiger partial charge on any atom is 0.0980 e. The molecular weight excluding hydrogens is 184 g/mol. The first-order valence-corrected chi connectivity index (χ1v) is 5.25. The Morgan fingerprint density at radius 2 is 2.20 bits per heavy atom. The molecule has 74 valence electrons. The van der Waals surface area contributed by atoms with Crippen molar-refractivity contribution in [2.75, 3.05) is 0 Å². The molecule has 1 saturated carbocycles. The molecule has 1 aliphatic rings. The van der Waals surface area contributed by atoms with Crippen molar-refractivity contribution in [1.82, 2.24) is 4.40 Å². The third-order valence-corrected chi connectivity index (χ3v) is 3.29. The zero-order valence-electron chi connectivity index (χ0n) is 8.70. The third kappa shape index (κ3) is 1.04. The average molecular weight is 196 g/mol. The first kappa shape index (κ1) is 8.55. The van der Waals surface area contributed by atoms with Crippen LogP contribution in [-0.2, 0) is 5.41 Å². The van der Waals surface area contributed by atoms with Gasteiger partial charge in [0.15, 0.2) is 0 Å². The van der Waals surface area contributed by atoms with E-state index in [2.05, 4.69) is 35.7 Å². The molecule has 1 fully saturated rings. The molecule has 2 heteroatoms. The van der Waals surface area contributed by atoms with Crippen molar-refractivity contribution < 1.29 is 0 Å². The molecule has 3 rings (SSSR count). The zero-order valence-corrected chi connectivity index (χ0v) is 8.70. The second-order valence-corrected chi connectivity index (χ2v) is 4.37. The molecule has 0 aliphatic heterocycles. The van der Waals surface area contributed by atoms with Crippen LogP contribution < -0.4 is 0 Å². The van der Waals surface area contributed by atoms with Crippen molar-refractivity contribution in [3.8, 4) is 6.07 Å². The van der Waals surface area contributed by atoms with Gasteiger partial charge in [-0.25, -0.2) is 0 Å². The molecule has 2 heterocycles. The van der Waals surface area contributed by atoms with E-state index in [0.29, 0.717) is 0 Å². The predicted molar refractivity (Wildman–Crippen MR) is 58.7 cm³/mol. The number of aryl methyl sites for hydroxylation is 1. The number of fused-ring (bicyclic) bond motifs is 1. The zero-order chi connectivity index (χ0) is 10.5. The van der Waals surface area contributed by atoms with Crippen LogP contribution in [0.25, 0.3) is 5.52 Å². The summed E-state index contributed by atoms with van der Waals surface area (Å²) in [7, 11) is 0. The minimum Gasteiger partial charge on any atom is -0.319 e. The minimum atomic E-state index is -0.197. The maximum atomic E-state index is 9.25. The van der Waals surface area contributed by atoms with E-state index in [4.69, 9.17) is 0 Å². The van der Waals surface area contributed by atoms with E-state index in [1.165, 1.54) is 16.8 Å². The summed E-state index contributed by atoms with van der Waals surface area (Å²) in [5.74, 6) is 0. The molecular formula is C13H12N2. The van der Waals surface area contributed by atoms with Crippen LogP contribution in [0.3, 0.4) is 0 Å². The van der Waals surface area contributed by atoms with Crippen LogP contribution >= 0.6 is 0 Å².